The van der Waals surface area contributed by atoms with Gasteiger partial charge in [-0.2, -0.15) is 5.01 Å². The van der Waals surface area contributed by atoms with Crippen molar-refractivity contribution in [2.24, 2.45) is 0 Å². The number of nitrogens with zero attached hydrogens (tertiary/aromatic N) is 1. The number of carbonyl (C=O) groups is 4. The van der Waals surface area contributed by atoms with Crippen LogP contribution in [0.5, 0.6) is 0 Å². The van der Waals surface area contributed by atoms with Crippen molar-refractivity contribution >= 4 is 29.5 Å². The number of hydrogen-bond donors (Lipinski definition) is 3. The van der Waals surface area contributed by atoms with Crippen molar-refractivity contribution in [2.45, 2.75) is 32.7 Å². The summed E-state index contributed by atoms with van der Waals surface area (Å²) in [5, 5.41) is 6.15. The van der Waals surface area contributed by atoms with Crippen LogP contribution in [0, 0.1) is 6.92 Å². The Morgan fingerprint density at radius 3 is 2.54 bits per heavy atom. The fourth-order valence-corrected chi connectivity index (χ4v) is 2.47. The fourth-order valence-electron chi connectivity index (χ4n) is 2.47. The second-order valence-electron chi connectivity index (χ2n) is 6.17. The van der Waals surface area contributed by atoms with E-state index in [1.165, 1.54) is 7.11 Å². The molecule has 1 aromatic rings. The number of benzene rings is 1. The Kier molecular flexibility index (Phi) is 5.49. The van der Waals surface area contributed by atoms with Crippen LogP contribution < -0.4 is 16.1 Å². The van der Waals surface area contributed by atoms with E-state index in [2.05, 4.69) is 20.8 Å². The summed E-state index contributed by atoms with van der Waals surface area (Å²) in [5.41, 5.74) is 3.06. The smallest absolute Gasteiger partial charge is 0.344 e. The SMILES string of the molecule is CCC1(C)NC(=O)N(NC(=O)CNc2ccc(C(=O)OC)cc2C)C1=O. The summed E-state index contributed by atoms with van der Waals surface area (Å²) in [4.78, 5) is 47.7. The molecular weight excluding hydrogens is 340 g/mol. The fraction of sp³-hybridized carbons (Fsp3) is 0.412. The Morgan fingerprint density at radius 1 is 1.31 bits per heavy atom. The Bertz CT molecular complexity index is 764. The third kappa shape index (κ3) is 3.76. The number of esters is 1. The molecule has 1 aromatic carbocycles. The van der Waals surface area contributed by atoms with Crippen molar-refractivity contribution in [3.63, 3.8) is 0 Å². The largest absolute Gasteiger partial charge is 0.465 e. The van der Waals surface area contributed by atoms with Gasteiger partial charge in [-0.3, -0.25) is 15.0 Å². The maximum Gasteiger partial charge on any atom is 0.344 e. The molecule has 0 aromatic heterocycles. The van der Waals surface area contributed by atoms with Gasteiger partial charge < -0.3 is 15.4 Å². The summed E-state index contributed by atoms with van der Waals surface area (Å²) in [5.74, 6) is -1.50. The molecule has 26 heavy (non-hydrogen) atoms. The van der Waals surface area contributed by atoms with Gasteiger partial charge in [0.15, 0.2) is 0 Å². The van der Waals surface area contributed by atoms with E-state index in [-0.39, 0.29) is 6.54 Å². The standard InChI is InChI=1S/C17H22N4O5/c1-5-17(3)15(24)21(16(25)19-17)20-13(22)9-18-12-7-6-11(8-10(12)2)14(23)26-4/h6-8,18H,5,9H2,1-4H3,(H,19,25)(H,20,22). The van der Waals surface area contributed by atoms with Crippen LogP contribution in [0.4, 0.5) is 10.5 Å². The number of ether oxygens (including phenoxy) is 1. The molecule has 140 valence electrons. The molecule has 0 spiro atoms. The van der Waals surface area contributed by atoms with Gasteiger partial charge in [-0.05, 0) is 44.0 Å². The first-order valence-electron chi connectivity index (χ1n) is 8.11. The summed E-state index contributed by atoms with van der Waals surface area (Å²) in [6.07, 6.45) is 0.411. The third-order valence-electron chi connectivity index (χ3n) is 4.29. The maximum absolute atomic E-state index is 12.2. The van der Waals surface area contributed by atoms with Crippen LogP contribution in [-0.2, 0) is 14.3 Å². The second kappa shape index (κ2) is 7.42. The number of hydrazine groups is 1. The Labute approximate surface area is 151 Å². The molecule has 1 fully saturated rings. The minimum absolute atomic E-state index is 0.154. The summed E-state index contributed by atoms with van der Waals surface area (Å²) in [7, 11) is 1.30. The number of anilines is 1. The Hall–Kier alpha value is -3.10. The zero-order valence-electron chi connectivity index (χ0n) is 15.1. The molecule has 1 heterocycles. The summed E-state index contributed by atoms with van der Waals surface area (Å²) < 4.78 is 4.65. The minimum atomic E-state index is -1.02. The molecule has 9 heteroatoms. The highest BCUT2D eigenvalue weighted by atomic mass is 16.5. The average molecular weight is 362 g/mol. The third-order valence-corrected chi connectivity index (χ3v) is 4.29. The zero-order valence-corrected chi connectivity index (χ0v) is 15.1. The van der Waals surface area contributed by atoms with Crippen LogP contribution in [0.3, 0.4) is 0 Å². The molecule has 1 unspecified atom stereocenters. The predicted octanol–water partition coefficient (Wildman–Crippen LogP) is 0.945. The number of aryl methyl sites for hydroxylation is 1. The molecule has 1 atom stereocenters. The minimum Gasteiger partial charge on any atom is -0.465 e. The lowest BCUT2D eigenvalue weighted by atomic mass is 10.00. The first kappa shape index (κ1) is 19.2. The average Bonchev–Trinajstić information content (AvgIpc) is 2.83. The molecular formula is C17H22N4O5. The first-order valence-corrected chi connectivity index (χ1v) is 8.11. The topological polar surface area (TPSA) is 117 Å². The van der Waals surface area contributed by atoms with Crippen molar-refractivity contribution in [2.75, 3.05) is 19.0 Å². The summed E-state index contributed by atoms with van der Waals surface area (Å²) >= 11 is 0. The maximum atomic E-state index is 12.2. The van der Waals surface area contributed by atoms with Crippen LogP contribution in [-0.4, -0.2) is 48.0 Å². The first-order chi connectivity index (χ1) is 12.2. The summed E-state index contributed by atoms with van der Waals surface area (Å²) in [6.45, 7) is 4.99. The van der Waals surface area contributed by atoms with Crippen molar-refractivity contribution in [1.29, 1.82) is 0 Å². The highest BCUT2D eigenvalue weighted by Crippen LogP contribution is 2.19. The molecule has 1 aliphatic rings. The van der Waals surface area contributed by atoms with E-state index in [9.17, 15) is 19.2 Å². The lowest BCUT2D eigenvalue weighted by molar-refractivity contribution is -0.138. The zero-order chi connectivity index (χ0) is 19.5. The molecule has 0 bridgehead atoms. The van der Waals surface area contributed by atoms with Gasteiger partial charge in [-0.15, -0.1) is 0 Å². The van der Waals surface area contributed by atoms with Crippen molar-refractivity contribution in [3.8, 4) is 0 Å². The van der Waals surface area contributed by atoms with Gasteiger partial charge in [0.1, 0.15) is 5.54 Å². The summed E-state index contributed by atoms with van der Waals surface area (Å²) in [6, 6.07) is 4.20. The number of urea groups is 1. The highest BCUT2D eigenvalue weighted by Gasteiger charge is 2.47. The highest BCUT2D eigenvalue weighted by molar-refractivity contribution is 6.07. The number of carbonyl (C=O) groups excluding carboxylic acids is 4. The number of rotatable bonds is 6. The van der Waals surface area contributed by atoms with Crippen molar-refractivity contribution < 1.29 is 23.9 Å². The van der Waals surface area contributed by atoms with E-state index in [0.717, 1.165) is 5.56 Å². The van der Waals surface area contributed by atoms with E-state index in [0.29, 0.717) is 22.7 Å². The van der Waals surface area contributed by atoms with Crippen LogP contribution in [0.2, 0.25) is 0 Å². The molecule has 0 radical (unpaired) electrons. The number of methoxy groups -OCH3 is 1. The van der Waals surface area contributed by atoms with Gasteiger partial charge in [-0.25, -0.2) is 9.59 Å². The molecule has 0 aliphatic carbocycles. The molecule has 3 N–H and O–H groups in total. The van der Waals surface area contributed by atoms with E-state index in [4.69, 9.17) is 0 Å². The van der Waals surface area contributed by atoms with Crippen LogP contribution in [0.1, 0.15) is 36.2 Å². The van der Waals surface area contributed by atoms with Crippen LogP contribution in [0.25, 0.3) is 0 Å². The number of nitrogens with one attached hydrogen (secondary N) is 3. The normalized spacial score (nSPS) is 19.2. The predicted molar refractivity (Wildman–Crippen MR) is 93.2 cm³/mol. The molecule has 9 nitrogen and oxygen atoms in total. The molecule has 0 saturated carbocycles. The lowest BCUT2D eigenvalue weighted by Crippen LogP contribution is -2.50. The van der Waals surface area contributed by atoms with Crippen molar-refractivity contribution in [3.05, 3.63) is 29.3 Å². The van der Waals surface area contributed by atoms with Gasteiger partial charge in [-0.1, -0.05) is 6.92 Å². The van der Waals surface area contributed by atoms with Crippen molar-refractivity contribution in [1.82, 2.24) is 15.8 Å². The Balaban J connectivity index is 1.96. The molecule has 4 amide bonds. The van der Waals surface area contributed by atoms with Crippen LogP contribution >= 0.6 is 0 Å². The van der Waals surface area contributed by atoms with E-state index in [1.54, 1.807) is 39.0 Å². The molecule has 2 rings (SSSR count). The van der Waals surface area contributed by atoms with Gasteiger partial charge >= 0.3 is 12.0 Å². The quantitative estimate of drug-likeness (QED) is 0.512. The van der Waals surface area contributed by atoms with Gasteiger partial charge in [0.05, 0.1) is 19.2 Å². The Morgan fingerprint density at radius 2 is 2.00 bits per heavy atom. The number of hydrogen-bond acceptors (Lipinski definition) is 6. The number of amides is 4. The lowest BCUT2D eigenvalue weighted by Gasteiger charge is -2.19. The second-order valence-corrected chi connectivity index (χ2v) is 6.17. The molecule has 1 saturated heterocycles. The van der Waals surface area contributed by atoms with Crippen LogP contribution in [0.15, 0.2) is 18.2 Å². The van der Waals surface area contributed by atoms with Gasteiger partial charge in [0.25, 0.3) is 11.8 Å². The molecule has 1 aliphatic heterocycles. The van der Waals surface area contributed by atoms with E-state index < -0.39 is 29.4 Å². The van der Waals surface area contributed by atoms with E-state index in [1.807, 2.05) is 0 Å². The number of imide groups is 1. The monoisotopic (exact) mass is 362 g/mol. The van der Waals surface area contributed by atoms with Gasteiger partial charge in [0, 0.05) is 5.69 Å². The van der Waals surface area contributed by atoms with E-state index >= 15 is 0 Å². The van der Waals surface area contributed by atoms with Gasteiger partial charge in [0.2, 0.25) is 0 Å².